The number of carbonyl (C=O) groups is 1. The predicted molar refractivity (Wildman–Crippen MR) is 81.3 cm³/mol. The molecule has 0 spiro atoms. The van der Waals surface area contributed by atoms with E-state index in [0.717, 1.165) is 37.5 Å². The smallest absolute Gasteiger partial charge is 0.272 e. The number of carbonyl (C=O) groups excluding carboxylic acids is 1. The van der Waals surface area contributed by atoms with Gasteiger partial charge < -0.3 is 4.90 Å². The molecule has 0 aliphatic carbocycles. The molecule has 0 saturated carbocycles. The molecule has 1 N–H and O–H groups in total. The number of aromatic amines is 1. The van der Waals surface area contributed by atoms with Crippen LogP contribution in [-0.2, 0) is 7.05 Å². The summed E-state index contributed by atoms with van der Waals surface area (Å²) in [6, 6.07) is 1.73. The Labute approximate surface area is 129 Å². The Kier molecular flexibility index (Phi) is 3.96. The van der Waals surface area contributed by atoms with Crippen LogP contribution in [0.1, 0.15) is 67.2 Å². The molecule has 7 nitrogen and oxygen atoms in total. The molecule has 0 radical (unpaired) electrons. The molecule has 22 heavy (non-hydrogen) atoms. The number of nitrogens with one attached hydrogen (secondary N) is 1. The van der Waals surface area contributed by atoms with Gasteiger partial charge in [0.1, 0.15) is 11.5 Å². The summed E-state index contributed by atoms with van der Waals surface area (Å²) in [5.41, 5.74) is 0.607. The van der Waals surface area contributed by atoms with E-state index in [1.165, 1.54) is 0 Å². The lowest BCUT2D eigenvalue weighted by atomic mass is 10.0. The van der Waals surface area contributed by atoms with Gasteiger partial charge >= 0.3 is 0 Å². The van der Waals surface area contributed by atoms with Gasteiger partial charge in [-0.1, -0.05) is 13.8 Å². The van der Waals surface area contributed by atoms with E-state index < -0.39 is 0 Å². The fourth-order valence-corrected chi connectivity index (χ4v) is 2.88. The van der Waals surface area contributed by atoms with Gasteiger partial charge in [-0.2, -0.15) is 10.2 Å². The van der Waals surface area contributed by atoms with Gasteiger partial charge in [-0.3, -0.25) is 14.6 Å². The first-order valence-corrected chi connectivity index (χ1v) is 7.79. The molecule has 3 rings (SSSR count). The third-order valence-corrected chi connectivity index (χ3v) is 4.16. The summed E-state index contributed by atoms with van der Waals surface area (Å²) in [5.74, 6) is 1.87. The van der Waals surface area contributed by atoms with Crippen LogP contribution in [0, 0.1) is 0 Å². The van der Waals surface area contributed by atoms with Gasteiger partial charge in [0.15, 0.2) is 5.82 Å². The van der Waals surface area contributed by atoms with Gasteiger partial charge in [-0.25, -0.2) is 4.98 Å². The van der Waals surface area contributed by atoms with Gasteiger partial charge in [0, 0.05) is 25.7 Å². The maximum absolute atomic E-state index is 12.8. The van der Waals surface area contributed by atoms with Gasteiger partial charge in [0.25, 0.3) is 5.91 Å². The van der Waals surface area contributed by atoms with Crippen molar-refractivity contribution in [2.75, 3.05) is 6.54 Å². The topological polar surface area (TPSA) is 79.7 Å². The molecule has 118 valence electrons. The molecule has 0 bridgehead atoms. The van der Waals surface area contributed by atoms with Gasteiger partial charge in [-0.15, -0.1) is 0 Å². The first-order valence-electron chi connectivity index (χ1n) is 7.79. The summed E-state index contributed by atoms with van der Waals surface area (Å²) in [7, 11) is 1.79. The third-order valence-electron chi connectivity index (χ3n) is 4.16. The van der Waals surface area contributed by atoms with Crippen LogP contribution >= 0.6 is 0 Å². The Hall–Kier alpha value is -2.18. The molecule has 2 aromatic rings. The minimum atomic E-state index is -0.0313. The second kappa shape index (κ2) is 5.90. The number of H-pyrrole nitrogens is 1. The van der Waals surface area contributed by atoms with E-state index in [0.29, 0.717) is 5.69 Å². The van der Waals surface area contributed by atoms with Crippen molar-refractivity contribution in [2.45, 2.75) is 45.1 Å². The molecule has 1 saturated heterocycles. The number of rotatable bonds is 3. The Morgan fingerprint density at radius 1 is 1.41 bits per heavy atom. The normalized spacial score (nSPS) is 18.9. The molecule has 3 heterocycles. The molecule has 1 atom stereocenters. The van der Waals surface area contributed by atoms with E-state index in [9.17, 15) is 4.79 Å². The lowest BCUT2D eigenvalue weighted by Gasteiger charge is -2.34. The molecule has 1 fully saturated rings. The SMILES string of the molecule is CC(C)c1n[nH]c([C@H]2CCCCN2C(=O)c2ccnn2C)n1. The summed E-state index contributed by atoms with van der Waals surface area (Å²) in [4.78, 5) is 19.3. The van der Waals surface area contributed by atoms with Crippen LogP contribution in [0.5, 0.6) is 0 Å². The summed E-state index contributed by atoms with van der Waals surface area (Å²) in [5, 5.41) is 11.4. The Balaban J connectivity index is 1.87. The summed E-state index contributed by atoms with van der Waals surface area (Å²) in [6.45, 7) is 4.87. The zero-order valence-electron chi connectivity index (χ0n) is 13.3. The zero-order valence-corrected chi connectivity index (χ0v) is 13.3. The third kappa shape index (κ3) is 2.63. The van der Waals surface area contributed by atoms with Crippen LogP contribution in [0.2, 0.25) is 0 Å². The van der Waals surface area contributed by atoms with Crippen molar-refractivity contribution in [3.8, 4) is 0 Å². The number of nitrogens with zero attached hydrogens (tertiary/aromatic N) is 5. The van der Waals surface area contributed by atoms with E-state index in [2.05, 4.69) is 34.1 Å². The highest BCUT2D eigenvalue weighted by molar-refractivity contribution is 5.92. The lowest BCUT2D eigenvalue weighted by Crippen LogP contribution is -2.39. The van der Waals surface area contributed by atoms with Crippen LogP contribution in [-0.4, -0.2) is 42.3 Å². The Morgan fingerprint density at radius 3 is 2.86 bits per heavy atom. The van der Waals surface area contributed by atoms with E-state index in [-0.39, 0.29) is 17.9 Å². The van der Waals surface area contributed by atoms with Gasteiger partial charge in [0.05, 0.1) is 6.04 Å². The van der Waals surface area contributed by atoms with Crippen LogP contribution in [0.15, 0.2) is 12.3 Å². The van der Waals surface area contributed by atoms with Crippen molar-refractivity contribution in [1.29, 1.82) is 0 Å². The number of hydrogen-bond donors (Lipinski definition) is 1. The van der Waals surface area contributed by atoms with E-state index >= 15 is 0 Å². The van der Waals surface area contributed by atoms with Crippen molar-refractivity contribution in [1.82, 2.24) is 29.9 Å². The maximum atomic E-state index is 12.8. The highest BCUT2D eigenvalue weighted by atomic mass is 16.2. The molecular formula is C15H22N6O. The van der Waals surface area contributed by atoms with E-state index in [4.69, 9.17) is 0 Å². The van der Waals surface area contributed by atoms with Crippen LogP contribution < -0.4 is 0 Å². The van der Waals surface area contributed by atoms with E-state index in [1.54, 1.807) is 24.0 Å². The average molecular weight is 302 g/mol. The fraction of sp³-hybridized carbons (Fsp3) is 0.600. The quantitative estimate of drug-likeness (QED) is 0.940. The molecule has 7 heteroatoms. The molecule has 0 unspecified atom stereocenters. The lowest BCUT2D eigenvalue weighted by molar-refractivity contribution is 0.0589. The summed E-state index contributed by atoms with van der Waals surface area (Å²) in [6.07, 6.45) is 4.68. The van der Waals surface area contributed by atoms with Crippen LogP contribution in [0.25, 0.3) is 0 Å². The minimum Gasteiger partial charge on any atom is -0.327 e. The standard InChI is InChI=1S/C15H22N6O/c1-10(2)13-17-14(19-18-13)11-6-4-5-9-21(11)15(22)12-7-8-16-20(12)3/h7-8,10-11H,4-6,9H2,1-3H3,(H,17,18,19)/t11-/m1/s1. The monoisotopic (exact) mass is 302 g/mol. The number of aromatic nitrogens is 5. The number of amides is 1. The highest BCUT2D eigenvalue weighted by Gasteiger charge is 2.32. The molecule has 1 aliphatic rings. The second-order valence-corrected chi connectivity index (χ2v) is 6.08. The second-order valence-electron chi connectivity index (χ2n) is 6.08. The largest absolute Gasteiger partial charge is 0.327 e. The fourth-order valence-electron chi connectivity index (χ4n) is 2.88. The highest BCUT2D eigenvalue weighted by Crippen LogP contribution is 2.30. The maximum Gasteiger partial charge on any atom is 0.272 e. The van der Waals surface area contributed by atoms with Crippen LogP contribution in [0.4, 0.5) is 0 Å². The zero-order chi connectivity index (χ0) is 15.7. The molecule has 1 aliphatic heterocycles. The van der Waals surface area contributed by atoms with Crippen LogP contribution in [0.3, 0.4) is 0 Å². The minimum absolute atomic E-state index is 0.00666. The summed E-state index contributed by atoms with van der Waals surface area (Å²) >= 11 is 0. The average Bonchev–Trinajstić information content (AvgIpc) is 3.15. The number of aryl methyl sites for hydroxylation is 1. The molecule has 1 amide bonds. The number of piperidine rings is 1. The predicted octanol–water partition coefficient (Wildman–Crippen LogP) is 2.03. The van der Waals surface area contributed by atoms with Crippen molar-refractivity contribution in [2.24, 2.45) is 7.05 Å². The number of likely N-dealkylation sites (tertiary alicyclic amines) is 1. The first kappa shape index (κ1) is 14.7. The first-order chi connectivity index (χ1) is 10.6. The van der Waals surface area contributed by atoms with E-state index in [1.807, 2.05) is 4.90 Å². The Morgan fingerprint density at radius 2 is 2.23 bits per heavy atom. The van der Waals surface area contributed by atoms with Crippen molar-refractivity contribution in [3.63, 3.8) is 0 Å². The molecule has 2 aromatic heterocycles. The van der Waals surface area contributed by atoms with Gasteiger partial charge in [0.2, 0.25) is 0 Å². The Bertz CT molecular complexity index is 659. The van der Waals surface area contributed by atoms with Gasteiger partial charge in [-0.05, 0) is 25.3 Å². The molecule has 0 aromatic carbocycles. The number of hydrogen-bond acceptors (Lipinski definition) is 4. The molecular weight excluding hydrogens is 280 g/mol. The van der Waals surface area contributed by atoms with Crippen molar-refractivity contribution >= 4 is 5.91 Å². The van der Waals surface area contributed by atoms with Crippen molar-refractivity contribution < 1.29 is 4.79 Å². The summed E-state index contributed by atoms with van der Waals surface area (Å²) < 4.78 is 1.62. The van der Waals surface area contributed by atoms with Crippen molar-refractivity contribution in [3.05, 3.63) is 29.6 Å².